The summed E-state index contributed by atoms with van der Waals surface area (Å²) in [5, 5.41) is 13.3. The van der Waals surface area contributed by atoms with E-state index in [9.17, 15) is 9.90 Å². The van der Waals surface area contributed by atoms with Gasteiger partial charge in [-0.05, 0) is 30.7 Å². The number of rotatable bonds is 7. The second-order valence-electron chi connectivity index (χ2n) is 5.06. The van der Waals surface area contributed by atoms with Crippen molar-refractivity contribution in [1.82, 2.24) is 4.98 Å². The molecule has 0 fully saturated rings. The van der Waals surface area contributed by atoms with Crippen molar-refractivity contribution in [2.75, 3.05) is 19.5 Å². The van der Waals surface area contributed by atoms with Gasteiger partial charge in [0.15, 0.2) is 0 Å². The van der Waals surface area contributed by atoms with Gasteiger partial charge in [-0.15, -0.1) is 0 Å². The average Bonchev–Trinajstić information content (AvgIpc) is 2.59. The van der Waals surface area contributed by atoms with E-state index in [1.165, 1.54) is 7.11 Å². The molecule has 1 aromatic heterocycles. The van der Waals surface area contributed by atoms with Crippen LogP contribution in [0.15, 0.2) is 36.4 Å². The number of pyridine rings is 1. The third kappa shape index (κ3) is 4.84. The Morgan fingerprint density at radius 3 is 2.75 bits per heavy atom. The van der Waals surface area contributed by atoms with Gasteiger partial charge in [0.1, 0.15) is 22.5 Å². The normalized spacial score (nSPS) is 11.7. The molecule has 6 nitrogen and oxygen atoms in total. The lowest BCUT2D eigenvalue weighted by atomic mass is 10.0. The van der Waals surface area contributed by atoms with Crippen molar-refractivity contribution in [1.29, 1.82) is 0 Å². The molecular weight excluding hydrogens is 332 g/mol. The molecule has 0 aliphatic heterocycles. The highest BCUT2D eigenvalue weighted by atomic mass is 35.5. The summed E-state index contributed by atoms with van der Waals surface area (Å²) in [5.74, 6) is 1.27. The minimum Gasteiger partial charge on any atom is -0.497 e. The number of aromatic nitrogens is 1. The van der Waals surface area contributed by atoms with Gasteiger partial charge in [0.05, 0.1) is 20.3 Å². The number of aliphatic hydroxyl groups excluding tert-OH is 1. The second-order valence-corrected chi connectivity index (χ2v) is 5.44. The molecule has 1 amide bonds. The molecule has 1 aromatic carbocycles. The number of nitrogens with one attached hydrogen (secondary N) is 1. The molecule has 24 heavy (non-hydrogen) atoms. The van der Waals surface area contributed by atoms with Gasteiger partial charge < -0.3 is 19.9 Å². The fraction of sp³-hybridized carbons (Fsp3) is 0.294. The Kier molecular flexibility index (Phi) is 6.40. The SMILES string of the molecule is COc1ccc(C(O)CCC(=O)Nc2cccc(Cl)n2)c(OC)c1. The van der Waals surface area contributed by atoms with Gasteiger partial charge in [-0.3, -0.25) is 4.79 Å². The van der Waals surface area contributed by atoms with Gasteiger partial charge in [-0.1, -0.05) is 17.7 Å². The molecule has 0 spiro atoms. The van der Waals surface area contributed by atoms with Crippen LogP contribution < -0.4 is 14.8 Å². The van der Waals surface area contributed by atoms with Crippen molar-refractivity contribution in [3.63, 3.8) is 0 Å². The number of carbonyl (C=O) groups excluding carboxylic acids is 1. The van der Waals surface area contributed by atoms with E-state index < -0.39 is 6.10 Å². The van der Waals surface area contributed by atoms with E-state index in [0.717, 1.165) is 0 Å². The number of benzene rings is 1. The van der Waals surface area contributed by atoms with E-state index in [4.69, 9.17) is 21.1 Å². The smallest absolute Gasteiger partial charge is 0.225 e. The van der Waals surface area contributed by atoms with Crippen molar-refractivity contribution >= 4 is 23.3 Å². The van der Waals surface area contributed by atoms with Crippen molar-refractivity contribution < 1.29 is 19.4 Å². The number of amides is 1. The van der Waals surface area contributed by atoms with Crippen LogP contribution in [0.25, 0.3) is 0 Å². The number of anilines is 1. The number of methoxy groups -OCH3 is 2. The molecule has 2 aromatic rings. The fourth-order valence-electron chi connectivity index (χ4n) is 2.20. The zero-order valence-corrected chi connectivity index (χ0v) is 14.2. The minimum absolute atomic E-state index is 0.130. The molecule has 2 N–H and O–H groups in total. The lowest BCUT2D eigenvalue weighted by Gasteiger charge is -2.15. The minimum atomic E-state index is -0.830. The molecule has 0 aliphatic carbocycles. The third-order valence-corrected chi connectivity index (χ3v) is 3.64. The number of nitrogens with zero attached hydrogens (tertiary/aromatic N) is 1. The van der Waals surface area contributed by atoms with E-state index in [1.807, 2.05) is 0 Å². The first kappa shape index (κ1) is 18.0. The molecule has 0 radical (unpaired) electrons. The van der Waals surface area contributed by atoms with Gasteiger partial charge in [0.2, 0.25) is 5.91 Å². The van der Waals surface area contributed by atoms with E-state index in [-0.39, 0.29) is 18.7 Å². The van der Waals surface area contributed by atoms with Gasteiger partial charge in [-0.2, -0.15) is 0 Å². The molecule has 1 heterocycles. The fourth-order valence-corrected chi connectivity index (χ4v) is 2.36. The summed E-state index contributed by atoms with van der Waals surface area (Å²) in [6.45, 7) is 0. The van der Waals surface area contributed by atoms with Gasteiger partial charge in [0, 0.05) is 18.1 Å². The van der Waals surface area contributed by atoms with Crippen LogP contribution in [-0.4, -0.2) is 30.2 Å². The number of hydrogen-bond donors (Lipinski definition) is 2. The molecule has 0 bridgehead atoms. The lowest BCUT2D eigenvalue weighted by molar-refractivity contribution is -0.116. The maximum absolute atomic E-state index is 12.0. The molecule has 1 atom stereocenters. The van der Waals surface area contributed by atoms with Crippen molar-refractivity contribution in [2.24, 2.45) is 0 Å². The molecule has 128 valence electrons. The van der Waals surface area contributed by atoms with Crippen LogP contribution in [0.2, 0.25) is 5.15 Å². The summed E-state index contributed by atoms with van der Waals surface area (Å²) in [7, 11) is 3.07. The topological polar surface area (TPSA) is 80.7 Å². The summed E-state index contributed by atoms with van der Waals surface area (Å²) in [4.78, 5) is 15.9. The molecule has 2 rings (SSSR count). The summed E-state index contributed by atoms with van der Waals surface area (Å²) in [6.07, 6.45) is -0.455. The number of aliphatic hydroxyl groups is 1. The highest BCUT2D eigenvalue weighted by molar-refractivity contribution is 6.29. The van der Waals surface area contributed by atoms with Crippen molar-refractivity contribution in [2.45, 2.75) is 18.9 Å². The van der Waals surface area contributed by atoms with E-state index in [1.54, 1.807) is 43.5 Å². The highest BCUT2D eigenvalue weighted by Crippen LogP contribution is 2.31. The first-order valence-corrected chi connectivity index (χ1v) is 7.73. The molecule has 0 saturated carbocycles. The van der Waals surface area contributed by atoms with Crippen LogP contribution >= 0.6 is 11.6 Å². The third-order valence-electron chi connectivity index (χ3n) is 3.43. The van der Waals surface area contributed by atoms with Crippen LogP contribution in [0.1, 0.15) is 24.5 Å². The second kappa shape index (κ2) is 8.52. The van der Waals surface area contributed by atoms with Gasteiger partial charge in [0.25, 0.3) is 0 Å². The predicted octanol–water partition coefficient (Wildman–Crippen LogP) is 3.20. The Bertz CT molecular complexity index is 709. The molecule has 0 aliphatic rings. The first-order valence-electron chi connectivity index (χ1n) is 7.36. The number of ether oxygens (including phenoxy) is 2. The van der Waals surface area contributed by atoms with Crippen LogP contribution in [-0.2, 0) is 4.79 Å². The largest absolute Gasteiger partial charge is 0.497 e. The van der Waals surface area contributed by atoms with E-state index >= 15 is 0 Å². The summed E-state index contributed by atoms with van der Waals surface area (Å²) >= 11 is 5.77. The average molecular weight is 351 g/mol. The zero-order chi connectivity index (χ0) is 17.5. The Balaban J connectivity index is 1.95. The van der Waals surface area contributed by atoms with E-state index in [0.29, 0.717) is 28.0 Å². The summed E-state index contributed by atoms with van der Waals surface area (Å²) < 4.78 is 10.4. The summed E-state index contributed by atoms with van der Waals surface area (Å²) in [5.41, 5.74) is 0.604. The van der Waals surface area contributed by atoms with Crippen LogP contribution in [0.4, 0.5) is 5.82 Å². The number of carbonyl (C=O) groups is 1. The maximum atomic E-state index is 12.0. The Hall–Kier alpha value is -2.31. The first-order chi connectivity index (χ1) is 11.5. The van der Waals surface area contributed by atoms with Gasteiger partial charge >= 0.3 is 0 Å². The number of hydrogen-bond acceptors (Lipinski definition) is 5. The quantitative estimate of drug-likeness (QED) is 0.749. The molecule has 7 heteroatoms. The van der Waals surface area contributed by atoms with Crippen molar-refractivity contribution in [3.8, 4) is 11.5 Å². The zero-order valence-electron chi connectivity index (χ0n) is 13.5. The van der Waals surface area contributed by atoms with Crippen LogP contribution in [0.3, 0.4) is 0 Å². The summed E-state index contributed by atoms with van der Waals surface area (Å²) in [6, 6.07) is 10.1. The molecular formula is C17H19ClN2O4. The van der Waals surface area contributed by atoms with Crippen LogP contribution in [0, 0.1) is 0 Å². The molecule has 0 saturated heterocycles. The maximum Gasteiger partial charge on any atom is 0.225 e. The van der Waals surface area contributed by atoms with Crippen molar-refractivity contribution in [3.05, 3.63) is 47.1 Å². The standard InChI is InChI=1S/C17H19ClN2O4/c1-23-11-6-7-12(14(10-11)24-2)13(21)8-9-17(22)20-16-5-3-4-15(18)19-16/h3-7,10,13,21H,8-9H2,1-2H3,(H,19,20,22). The van der Waals surface area contributed by atoms with Crippen LogP contribution in [0.5, 0.6) is 11.5 Å². The lowest BCUT2D eigenvalue weighted by Crippen LogP contribution is -2.14. The highest BCUT2D eigenvalue weighted by Gasteiger charge is 2.16. The Morgan fingerprint density at radius 2 is 2.08 bits per heavy atom. The predicted molar refractivity (Wildman–Crippen MR) is 91.6 cm³/mol. The monoisotopic (exact) mass is 350 g/mol. The Labute approximate surface area is 145 Å². The van der Waals surface area contributed by atoms with Gasteiger partial charge in [-0.25, -0.2) is 4.98 Å². The Morgan fingerprint density at radius 1 is 1.29 bits per heavy atom. The molecule has 1 unspecified atom stereocenters. The number of halogens is 1. The van der Waals surface area contributed by atoms with E-state index in [2.05, 4.69) is 10.3 Å².